The Balaban J connectivity index is 0.000000442. The third-order valence-corrected chi connectivity index (χ3v) is 2.31. The Morgan fingerprint density at radius 2 is 1.60 bits per heavy atom. The molecule has 0 N–H and O–H groups in total. The molecule has 0 amide bonds. The van der Waals surface area contributed by atoms with Gasteiger partial charge in [0.1, 0.15) is 0 Å². The summed E-state index contributed by atoms with van der Waals surface area (Å²) in [5, 5.41) is 0. The van der Waals surface area contributed by atoms with Gasteiger partial charge >= 0.3 is 0 Å². The summed E-state index contributed by atoms with van der Waals surface area (Å²) in [6, 6.07) is 8.63. The highest BCUT2D eigenvalue weighted by Gasteiger charge is 2.09. The Kier molecular flexibility index (Phi) is 7.71. The summed E-state index contributed by atoms with van der Waals surface area (Å²) in [6.45, 7) is 10.3. The molecule has 0 radical (unpaired) electrons. The summed E-state index contributed by atoms with van der Waals surface area (Å²) >= 11 is 0. The maximum atomic E-state index is 2.28. The Morgan fingerprint density at radius 1 is 1.00 bits per heavy atom. The molecular weight excluding hydrogens is 180 g/mol. The van der Waals surface area contributed by atoms with E-state index in [0.29, 0.717) is 5.92 Å². The summed E-state index contributed by atoms with van der Waals surface area (Å²) in [7, 11) is 0. The molecule has 1 aliphatic rings. The van der Waals surface area contributed by atoms with Crippen molar-refractivity contribution in [3.63, 3.8) is 0 Å². The highest BCUT2D eigenvalue weighted by Crippen LogP contribution is 2.28. The molecule has 0 saturated carbocycles. The fourth-order valence-electron chi connectivity index (χ4n) is 1.64. The average Bonchev–Trinajstić information content (AvgIpc) is 2.35. The van der Waals surface area contributed by atoms with E-state index in [2.05, 4.69) is 43.3 Å². The molecule has 1 aromatic rings. The van der Waals surface area contributed by atoms with E-state index in [-0.39, 0.29) is 0 Å². The second-order valence-electron chi connectivity index (χ2n) is 3.17. The second-order valence-corrected chi connectivity index (χ2v) is 3.17. The van der Waals surface area contributed by atoms with Crippen molar-refractivity contribution in [3.8, 4) is 0 Å². The van der Waals surface area contributed by atoms with Crippen molar-refractivity contribution in [1.82, 2.24) is 0 Å². The fourth-order valence-corrected chi connectivity index (χ4v) is 1.64. The lowest BCUT2D eigenvalue weighted by Crippen LogP contribution is -1.98. The van der Waals surface area contributed by atoms with Crippen LogP contribution in [-0.2, 0) is 0 Å². The Labute approximate surface area is 95.0 Å². The summed E-state index contributed by atoms with van der Waals surface area (Å²) in [4.78, 5) is 0. The number of hydrogen-bond acceptors (Lipinski definition) is 0. The smallest absolute Gasteiger partial charge is 0.0150 e. The van der Waals surface area contributed by atoms with Crippen molar-refractivity contribution >= 4 is 6.08 Å². The van der Waals surface area contributed by atoms with Crippen molar-refractivity contribution < 1.29 is 0 Å². The monoisotopic (exact) mass is 204 g/mol. The minimum atomic E-state index is 0.705. The molecule has 1 aliphatic carbocycles. The van der Waals surface area contributed by atoms with Crippen LogP contribution in [0.1, 0.15) is 58.1 Å². The second kappa shape index (κ2) is 8.28. The van der Waals surface area contributed by atoms with Crippen molar-refractivity contribution in [3.05, 3.63) is 41.5 Å². The molecule has 0 spiro atoms. The van der Waals surface area contributed by atoms with Crippen LogP contribution in [0.25, 0.3) is 6.08 Å². The van der Waals surface area contributed by atoms with E-state index in [9.17, 15) is 0 Å². The third kappa shape index (κ3) is 3.91. The first kappa shape index (κ1) is 14.0. The average molecular weight is 204 g/mol. The molecule has 1 unspecified atom stereocenters. The van der Waals surface area contributed by atoms with Gasteiger partial charge in [-0.1, -0.05) is 71.0 Å². The number of fused-ring (bicyclic) bond motifs is 1. The Hall–Kier alpha value is -1.04. The highest BCUT2D eigenvalue weighted by atomic mass is 14.1. The molecule has 2 rings (SSSR count). The SMILES string of the molecule is CC.CC.CC1CC=Cc2ccccc21. The molecule has 0 nitrogen and oxygen atoms in total. The number of allylic oxidation sites excluding steroid dienone is 1. The van der Waals surface area contributed by atoms with Crippen LogP contribution in [-0.4, -0.2) is 0 Å². The molecule has 15 heavy (non-hydrogen) atoms. The zero-order valence-corrected chi connectivity index (χ0v) is 10.7. The maximum absolute atomic E-state index is 2.28. The lowest BCUT2D eigenvalue weighted by Gasteiger charge is -2.16. The number of hydrogen-bond donors (Lipinski definition) is 0. The van der Waals surface area contributed by atoms with Gasteiger partial charge in [0.25, 0.3) is 0 Å². The number of rotatable bonds is 0. The van der Waals surface area contributed by atoms with Gasteiger partial charge in [-0.15, -0.1) is 0 Å². The minimum absolute atomic E-state index is 0.705. The summed E-state index contributed by atoms with van der Waals surface area (Å²) in [5.41, 5.74) is 2.89. The van der Waals surface area contributed by atoms with Gasteiger partial charge in [0.05, 0.1) is 0 Å². The van der Waals surface area contributed by atoms with Crippen LogP contribution in [0.5, 0.6) is 0 Å². The van der Waals surface area contributed by atoms with Crippen LogP contribution < -0.4 is 0 Å². The zero-order valence-electron chi connectivity index (χ0n) is 10.7. The van der Waals surface area contributed by atoms with E-state index >= 15 is 0 Å². The van der Waals surface area contributed by atoms with Gasteiger partial charge in [-0.25, -0.2) is 0 Å². The van der Waals surface area contributed by atoms with E-state index in [0.717, 1.165) is 0 Å². The summed E-state index contributed by atoms with van der Waals surface area (Å²) in [5.74, 6) is 0.705. The van der Waals surface area contributed by atoms with Crippen LogP contribution in [0.2, 0.25) is 0 Å². The summed E-state index contributed by atoms with van der Waals surface area (Å²) in [6.07, 6.45) is 5.67. The van der Waals surface area contributed by atoms with E-state index in [1.165, 1.54) is 17.5 Å². The van der Waals surface area contributed by atoms with Crippen molar-refractivity contribution in [2.45, 2.75) is 47.0 Å². The van der Waals surface area contributed by atoms with Crippen LogP contribution in [0, 0.1) is 0 Å². The summed E-state index contributed by atoms with van der Waals surface area (Å²) < 4.78 is 0. The molecule has 84 valence electrons. The lowest BCUT2D eigenvalue weighted by molar-refractivity contribution is 0.772. The fraction of sp³-hybridized carbons (Fsp3) is 0.467. The van der Waals surface area contributed by atoms with Crippen LogP contribution >= 0.6 is 0 Å². The van der Waals surface area contributed by atoms with E-state index in [1.54, 1.807) is 0 Å². The quantitative estimate of drug-likeness (QED) is 0.541. The molecule has 0 aromatic heterocycles. The van der Waals surface area contributed by atoms with Crippen LogP contribution in [0.15, 0.2) is 30.3 Å². The van der Waals surface area contributed by atoms with Gasteiger partial charge in [-0.2, -0.15) is 0 Å². The van der Waals surface area contributed by atoms with Gasteiger partial charge in [0, 0.05) is 0 Å². The molecule has 0 saturated heterocycles. The van der Waals surface area contributed by atoms with Gasteiger partial charge in [0.15, 0.2) is 0 Å². The van der Waals surface area contributed by atoms with Crippen LogP contribution in [0.3, 0.4) is 0 Å². The molecule has 1 atom stereocenters. The van der Waals surface area contributed by atoms with Gasteiger partial charge in [0.2, 0.25) is 0 Å². The first-order valence-electron chi connectivity index (χ1n) is 6.13. The zero-order chi connectivity index (χ0) is 11.7. The predicted octanol–water partition coefficient (Wildman–Crippen LogP) is 5.26. The topological polar surface area (TPSA) is 0 Å². The third-order valence-electron chi connectivity index (χ3n) is 2.31. The van der Waals surface area contributed by atoms with Crippen LogP contribution in [0.4, 0.5) is 0 Å². The molecule has 0 bridgehead atoms. The largest absolute Gasteiger partial charge is 0.0833 e. The van der Waals surface area contributed by atoms with Gasteiger partial charge in [-0.3, -0.25) is 0 Å². The lowest BCUT2D eigenvalue weighted by atomic mass is 9.89. The molecule has 0 aliphatic heterocycles. The van der Waals surface area contributed by atoms with Crippen molar-refractivity contribution in [2.24, 2.45) is 0 Å². The molecule has 1 aromatic carbocycles. The predicted molar refractivity (Wildman–Crippen MR) is 71.2 cm³/mol. The van der Waals surface area contributed by atoms with Gasteiger partial charge < -0.3 is 0 Å². The van der Waals surface area contributed by atoms with E-state index in [1.807, 2.05) is 27.7 Å². The first-order valence-corrected chi connectivity index (χ1v) is 6.13. The molecule has 0 heterocycles. The molecule has 0 heteroatoms. The molecule has 0 fully saturated rings. The first-order chi connectivity index (χ1) is 7.38. The maximum Gasteiger partial charge on any atom is -0.0150 e. The van der Waals surface area contributed by atoms with Gasteiger partial charge in [-0.05, 0) is 23.5 Å². The Bertz CT molecular complexity index is 284. The normalized spacial score (nSPS) is 16.5. The van der Waals surface area contributed by atoms with E-state index < -0.39 is 0 Å². The van der Waals surface area contributed by atoms with E-state index in [4.69, 9.17) is 0 Å². The van der Waals surface area contributed by atoms with Crippen molar-refractivity contribution in [2.75, 3.05) is 0 Å². The van der Waals surface area contributed by atoms with Crippen molar-refractivity contribution in [1.29, 1.82) is 0 Å². The highest BCUT2D eigenvalue weighted by molar-refractivity contribution is 5.57. The number of benzene rings is 1. The molecular formula is C15H24. The standard InChI is InChI=1S/C11H12.2C2H6/c1-9-5-4-7-10-6-2-3-8-11(9)10;2*1-2/h2-4,6-9H,5H2,1H3;2*1-2H3. The Morgan fingerprint density at radius 3 is 2.20 bits per heavy atom. The minimum Gasteiger partial charge on any atom is -0.0833 e.